The molecule has 1 aromatic heterocycles. The van der Waals surface area contributed by atoms with Gasteiger partial charge in [0.25, 0.3) is 0 Å². The molecule has 0 radical (unpaired) electrons. The van der Waals surface area contributed by atoms with Crippen LogP contribution in [0.5, 0.6) is 0 Å². The van der Waals surface area contributed by atoms with Gasteiger partial charge >= 0.3 is 6.18 Å². The zero-order valence-electron chi connectivity index (χ0n) is 9.96. The Morgan fingerprint density at radius 2 is 2.18 bits per heavy atom. The first-order chi connectivity index (χ1) is 7.90. The lowest BCUT2D eigenvalue weighted by molar-refractivity contribution is -0.147. The molecule has 4 nitrogen and oxygen atoms in total. The number of aromatic nitrogens is 2. The summed E-state index contributed by atoms with van der Waals surface area (Å²) >= 11 is 0. The molecule has 0 aromatic carbocycles. The van der Waals surface area contributed by atoms with Crippen molar-refractivity contribution in [3.05, 3.63) is 18.2 Å². The first-order valence-corrected chi connectivity index (χ1v) is 5.31. The Balaban J connectivity index is 2.56. The van der Waals surface area contributed by atoms with Gasteiger partial charge in [0.05, 0.1) is 18.6 Å². The molecule has 0 aliphatic rings. The van der Waals surface area contributed by atoms with E-state index in [1.165, 1.54) is 4.90 Å². The van der Waals surface area contributed by atoms with Crippen LogP contribution in [0.25, 0.3) is 0 Å². The van der Waals surface area contributed by atoms with E-state index in [1.54, 1.807) is 31.2 Å². The second kappa shape index (κ2) is 6.02. The molecular formula is C10H17F3N4. The summed E-state index contributed by atoms with van der Waals surface area (Å²) in [6.45, 7) is 0.156. The number of hydrogen-bond acceptors (Lipinski definition) is 3. The Hall–Kier alpha value is -1.08. The second-order valence-corrected chi connectivity index (χ2v) is 3.96. The maximum absolute atomic E-state index is 12.4. The fourth-order valence-corrected chi connectivity index (χ4v) is 1.52. The summed E-state index contributed by atoms with van der Waals surface area (Å²) in [5.41, 5.74) is 0.646. The van der Waals surface area contributed by atoms with Gasteiger partial charge in [-0.2, -0.15) is 13.2 Å². The lowest BCUT2D eigenvalue weighted by Crippen LogP contribution is -2.37. The molecule has 17 heavy (non-hydrogen) atoms. The van der Waals surface area contributed by atoms with Gasteiger partial charge in [-0.1, -0.05) is 0 Å². The number of hydrogen-bond donors (Lipinski definition) is 1. The van der Waals surface area contributed by atoms with Crippen molar-refractivity contribution >= 4 is 0 Å². The summed E-state index contributed by atoms with van der Waals surface area (Å²) in [5, 5.41) is 2.84. The van der Waals surface area contributed by atoms with Gasteiger partial charge in [0.1, 0.15) is 0 Å². The number of likely N-dealkylation sites (N-methyl/N-ethyl adjacent to an activating group) is 1. The number of aryl methyl sites for hydroxylation is 1. The average molecular weight is 250 g/mol. The molecule has 0 saturated carbocycles. The van der Waals surface area contributed by atoms with E-state index in [2.05, 4.69) is 10.3 Å². The first kappa shape index (κ1) is 14.0. The molecule has 0 aliphatic carbocycles. The van der Waals surface area contributed by atoms with E-state index >= 15 is 0 Å². The van der Waals surface area contributed by atoms with Crippen molar-refractivity contribution in [3.8, 4) is 0 Å². The van der Waals surface area contributed by atoms with E-state index in [0.29, 0.717) is 18.8 Å². The van der Waals surface area contributed by atoms with E-state index < -0.39 is 12.7 Å². The van der Waals surface area contributed by atoms with Gasteiger partial charge in [-0.25, -0.2) is 4.98 Å². The molecule has 1 N–H and O–H groups in total. The van der Waals surface area contributed by atoms with Crippen LogP contribution in [-0.2, 0) is 13.6 Å². The molecule has 0 unspecified atom stereocenters. The number of alkyl halides is 3. The molecule has 0 fully saturated rings. The van der Waals surface area contributed by atoms with Gasteiger partial charge in [0.15, 0.2) is 0 Å². The van der Waals surface area contributed by atoms with Crippen LogP contribution in [0, 0.1) is 0 Å². The van der Waals surface area contributed by atoms with Crippen molar-refractivity contribution in [2.45, 2.75) is 12.7 Å². The third-order valence-corrected chi connectivity index (χ3v) is 2.22. The number of halogens is 3. The highest BCUT2D eigenvalue weighted by molar-refractivity contribution is 4.96. The summed E-state index contributed by atoms with van der Waals surface area (Å²) < 4.78 is 38.8. The van der Waals surface area contributed by atoms with Crippen LogP contribution in [0.2, 0.25) is 0 Å². The second-order valence-electron chi connectivity index (χ2n) is 3.96. The van der Waals surface area contributed by atoms with Gasteiger partial charge < -0.3 is 9.88 Å². The molecule has 0 spiro atoms. The van der Waals surface area contributed by atoms with Gasteiger partial charge in [0.2, 0.25) is 0 Å². The van der Waals surface area contributed by atoms with Crippen molar-refractivity contribution in [2.75, 3.05) is 26.7 Å². The van der Waals surface area contributed by atoms with Crippen LogP contribution in [-0.4, -0.2) is 47.3 Å². The predicted octanol–water partition coefficient (Wildman–Crippen LogP) is 1.00. The fourth-order valence-electron chi connectivity index (χ4n) is 1.52. The van der Waals surface area contributed by atoms with Crippen LogP contribution in [0.15, 0.2) is 12.5 Å². The van der Waals surface area contributed by atoms with Crippen molar-refractivity contribution in [3.63, 3.8) is 0 Å². The maximum Gasteiger partial charge on any atom is 0.401 e. The van der Waals surface area contributed by atoms with Crippen LogP contribution in [0.4, 0.5) is 13.2 Å². The van der Waals surface area contributed by atoms with Gasteiger partial charge in [-0.3, -0.25) is 4.90 Å². The molecule has 7 heteroatoms. The Morgan fingerprint density at radius 3 is 2.65 bits per heavy atom. The summed E-state index contributed by atoms with van der Waals surface area (Å²) in [5.74, 6) is 0. The summed E-state index contributed by atoms with van der Waals surface area (Å²) in [6, 6.07) is 0. The topological polar surface area (TPSA) is 33.1 Å². The first-order valence-electron chi connectivity index (χ1n) is 5.31. The Labute approximate surface area is 98.4 Å². The summed E-state index contributed by atoms with van der Waals surface area (Å²) in [4.78, 5) is 5.36. The number of nitrogens with zero attached hydrogens (tertiary/aromatic N) is 3. The van der Waals surface area contributed by atoms with Crippen molar-refractivity contribution in [1.82, 2.24) is 19.8 Å². The summed E-state index contributed by atoms with van der Waals surface area (Å²) in [6.07, 6.45) is -0.871. The third-order valence-electron chi connectivity index (χ3n) is 2.22. The summed E-state index contributed by atoms with van der Waals surface area (Å²) in [7, 11) is 3.50. The average Bonchev–Trinajstić information content (AvgIpc) is 2.58. The highest BCUT2D eigenvalue weighted by Gasteiger charge is 2.30. The molecule has 0 aliphatic heterocycles. The largest absolute Gasteiger partial charge is 0.401 e. The number of nitrogens with one attached hydrogen (secondary N) is 1. The molecular weight excluding hydrogens is 233 g/mol. The quantitative estimate of drug-likeness (QED) is 0.817. The molecule has 1 aromatic rings. The van der Waals surface area contributed by atoms with E-state index in [4.69, 9.17) is 0 Å². The molecule has 0 amide bonds. The monoisotopic (exact) mass is 250 g/mol. The zero-order chi connectivity index (χ0) is 12.9. The molecule has 1 rings (SSSR count). The maximum atomic E-state index is 12.4. The Bertz CT molecular complexity index is 335. The molecule has 0 atom stereocenters. The van der Waals surface area contributed by atoms with E-state index in [0.717, 1.165) is 0 Å². The molecule has 98 valence electrons. The van der Waals surface area contributed by atoms with Crippen LogP contribution >= 0.6 is 0 Å². The molecule has 0 bridgehead atoms. The van der Waals surface area contributed by atoms with E-state index in [9.17, 15) is 13.2 Å². The van der Waals surface area contributed by atoms with E-state index in [-0.39, 0.29) is 6.54 Å². The minimum absolute atomic E-state index is 0.210. The lowest BCUT2D eigenvalue weighted by Gasteiger charge is -2.22. The third kappa shape index (κ3) is 5.69. The SMILES string of the molecule is CNCCN(Cc1cn(C)cn1)CC(F)(F)F. The Kier molecular flexibility index (Phi) is 4.95. The van der Waals surface area contributed by atoms with Crippen LogP contribution in [0.3, 0.4) is 0 Å². The normalized spacial score (nSPS) is 12.4. The predicted molar refractivity (Wildman–Crippen MR) is 58.5 cm³/mol. The van der Waals surface area contributed by atoms with Crippen LogP contribution < -0.4 is 5.32 Å². The van der Waals surface area contributed by atoms with E-state index in [1.807, 2.05) is 0 Å². The lowest BCUT2D eigenvalue weighted by atomic mass is 10.3. The number of imidazole rings is 1. The molecule has 0 saturated heterocycles. The van der Waals surface area contributed by atoms with Crippen LogP contribution in [0.1, 0.15) is 5.69 Å². The number of rotatable bonds is 6. The minimum atomic E-state index is -4.18. The van der Waals surface area contributed by atoms with Crippen molar-refractivity contribution < 1.29 is 13.2 Å². The Morgan fingerprint density at radius 1 is 1.47 bits per heavy atom. The zero-order valence-corrected chi connectivity index (χ0v) is 9.96. The van der Waals surface area contributed by atoms with Gasteiger partial charge in [-0.05, 0) is 7.05 Å². The fraction of sp³-hybridized carbons (Fsp3) is 0.700. The highest BCUT2D eigenvalue weighted by Crippen LogP contribution is 2.17. The van der Waals surface area contributed by atoms with Gasteiger partial charge in [0, 0.05) is 32.9 Å². The smallest absolute Gasteiger partial charge is 0.340 e. The van der Waals surface area contributed by atoms with Gasteiger partial charge in [-0.15, -0.1) is 0 Å². The minimum Gasteiger partial charge on any atom is -0.340 e. The molecule has 1 heterocycles. The van der Waals surface area contributed by atoms with Crippen molar-refractivity contribution in [1.29, 1.82) is 0 Å². The highest BCUT2D eigenvalue weighted by atomic mass is 19.4. The van der Waals surface area contributed by atoms with Crippen molar-refractivity contribution in [2.24, 2.45) is 7.05 Å². The standard InChI is InChI=1S/C10H17F3N4/c1-14-3-4-17(7-10(11,12)13)6-9-5-16(2)8-15-9/h5,8,14H,3-4,6-7H2,1-2H3.